The first-order valence-electron chi connectivity index (χ1n) is 8.28. The topological polar surface area (TPSA) is 17.1 Å². The van der Waals surface area contributed by atoms with Gasteiger partial charge in [0, 0.05) is 5.92 Å². The molecule has 0 amide bonds. The third-order valence-corrected chi connectivity index (χ3v) is 5.53. The van der Waals surface area contributed by atoms with Crippen molar-refractivity contribution < 1.29 is 4.79 Å². The van der Waals surface area contributed by atoms with Gasteiger partial charge in [0.15, 0.2) is 0 Å². The molecule has 0 aromatic carbocycles. The molecule has 104 valence electrons. The molecule has 0 aromatic heterocycles. The normalized spacial score (nSPS) is 37.4. The Kier molecular flexibility index (Phi) is 5.72. The summed E-state index contributed by atoms with van der Waals surface area (Å²) in [6.45, 7) is 2.30. The first-order valence-corrected chi connectivity index (χ1v) is 8.28. The summed E-state index contributed by atoms with van der Waals surface area (Å²) >= 11 is 0. The Labute approximate surface area is 113 Å². The number of rotatable bonds is 5. The quantitative estimate of drug-likeness (QED) is 0.628. The minimum absolute atomic E-state index is 0.391. The molecule has 0 heterocycles. The summed E-state index contributed by atoms with van der Waals surface area (Å²) in [4.78, 5) is 10.8. The largest absolute Gasteiger partial charge is 0.303 e. The number of unbranched alkanes of at least 4 members (excludes halogenated alkanes) is 1. The molecule has 0 unspecified atom stereocenters. The van der Waals surface area contributed by atoms with Crippen molar-refractivity contribution in [3.05, 3.63) is 0 Å². The minimum atomic E-state index is 0.391. The van der Waals surface area contributed by atoms with Gasteiger partial charge in [-0.15, -0.1) is 0 Å². The van der Waals surface area contributed by atoms with Gasteiger partial charge in [0.2, 0.25) is 0 Å². The van der Waals surface area contributed by atoms with E-state index in [2.05, 4.69) is 6.92 Å². The van der Waals surface area contributed by atoms with Crippen molar-refractivity contribution in [3.8, 4) is 0 Å². The second kappa shape index (κ2) is 7.31. The first-order chi connectivity index (χ1) is 8.83. The summed E-state index contributed by atoms with van der Waals surface area (Å²) < 4.78 is 0. The summed E-state index contributed by atoms with van der Waals surface area (Å²) in [5.74, 6) is 3.37. The highest BCUT2D eigenvalue weighted by Gasteiger charge is 2.30. The van der Waals surface area contributed by atoms with Crippen LogP contribution in [0.2, 0.25) is 0 Å². The van der Waals surface area contributed by atoms with E-state index in [1.165, 1.54) is 76.9 Å². The fourth-order valence-electron chi connectivity index (χ4n) is 4.19. The fourth-order valence-corrected chi connectivity index (χ4v) is 4.19. The maximum atomic E-state index is 10.8. The van der Waals surface area contributed by atoms with Crippen molar-refractivity contribution in [1.29, 1.82) is 0 Å². The number of aldehydes is 1. The van der Waals surface area contributed by atoms with E-state index in [4.69, 9.17) is 0 Å². The van der Waals surface area contributed by atoms with Crippen molar-refractivity contribution in [2.24, 2.45) is 23.7 Å². The van der Waals surface area contributed by atoms with Gasteiger partial charge in [-0.25, -0.2) is 0 Å². The zero-order chi connectivity index (χ0) is 12.8. The molecule has 2 fully saturated rings. The molecule has 0 saturated heterocycles. The molecule has 2 saturated carbocycles. The van der Waals surface area contributed by atoms with Gasteiger partial charge >= 0.3 is 0 Å². The molecule has 0 atom stereocenters. The first kappa shape index (κ1) is 14.1. The van der Waals surface area contributed by atoms with Crippen LogP contribution in [0.15, 0.2) is 0 Å². The summed E-state index contributed by atoms with van der Waals surface area (Å²) in [5, 5.41) is 0. The van der Waals surface area contributed by atoms with Crippen LogP contribution < -0.4 is 0 Å². The highest BCUT2D eigenvalue weighted by atomic mass is 16.1. The number of carbonyl (C=O) groups excluding carboxylic acids is 1. The molecule has 0 radical (unpaired) electrons. The molecule has 0 bridgehead atoms. The van der Waals surface area contributed by atoms with E-state index >= 15 is 0 Å². The highest BCUT2D eigenvalue weighted by Crippen LogP contribution is 2.41. The molecular weight excluding hydrogens is 220 g/mol. The Hall–Kier alpha value is -0.330. The Balaban J connectivity index is 1.68. The van der Waals surface area contributed by atoms with Crippen LogP contribution in [0.3, 0.4) is 0 Å². The van der Waals surface area contributed by atoms with Crippen LogP contribution in [0, 0.1) is 23.7 Å². The molecule has 0 aliphatic heterocycles. The van der Waals surface area contributed by atoms with Gasteiger partial charge < -0.3 is 4.79 Å². The molecule has 2 aliphatic rings. The van der Waals surface area contributed by atoms with Crippen molar-refractivity contribution in [3.63, 3.8) is 0 Å². The maximum absolute atomic E-state index is 10.8. The van der Waals surface area contributed by atoms with E-state index in [0.717, 1.165) is 17.8 Å². The van der Waals surface area contributed by atoms with Gasteiger partial charge in [0.25, 0.3) is 0 Å². The van der Waals surface area contributed by atoms with Crippen LogP contribution in [0.25, 0.3) is 0 Å². The zero-order valence-corrected chi connectivity index (χ0v) is 12.1. The van der Waals surface area contributed by atoms with Crippen LogP contribution >= 0.6 is 0 Å². The lowest BCUT2D eigenvalue weighted by atomic mass is 9.69. The maximum Gasteiger partial charge on any atom is 0.123 e. The average Bonchev–Trinajstić information content (AvgIpc) is 2.46. The Morgan fingerprint density at radius 1 is 0.889 bits per heavy atom. The summed E-state index contributed by atoms with van der Waals surface area (Å²) in [6, 6.07) is 0. The van der Waals surface area contributed by atoms with E-state index in [1.54, 1.807) is 0 Å². The zero-order valence-electron chi connectivity index (χ0n) is 12.1. The Bertz CT molecular complexity index is 232. The van der Waals surface area contributed by atoms with Gasteiger partial charge in [-0.05, 0) is 56.3 Å². The SMILES string of the molecule is CCCC[C@H]1CC[C@H]([C@H]2CC[C@H](C=O)CC2)CC1. The third kappa shape index (κ3) is 3.83. The smallest absolute Gasteiger partial charge is 0.123 e. The van der Waals surface area contributed by atoms with E-state index in [0.29, 0.717) is 5.92 Å². The molecular formula is C17H30O. The Morgan fingerprint density at radius 3 is 1.94 bits per heavy atom. The lowest BCUT2D eigenvalue weighted by Gasteiger charge is -2.37. The van der Waals surface area contributed by atoms with Crippen LogP contribution in [0.5, 0.6) is 0 Å². The van der Waals surface area contributed by atoms with Crippen molar-refractivity contribution in [2.75, 3.05) is 0 Å². The predicted octanol–water partition coefficient (Wildman–Crippen LogP) is 4.99. The molecule has 1 heteroatoms. The van der Waals surface area contributed by atoms with Gasteiger partial charge in [0.1, 0.15) is 6.29 Å². The lowest BCUT2D eigenvalue weighted by molar-refractivity contribution is -0.112. The van der Waals surface area contributed by atoms with Crippen LogP contribution in [0.4, 0.5) is 0 Å². The summed E-state index contributed by atoms with van der Waals surface area (Å²) in [5.41, 5.74) is 0. The fraction of sp³-hybridized carbons (Fsp3) is 0.941. The third-order valence-electron chi connectivity index (χ3n) is 5.53. The lowest BCUT2D eigenvalue weighted by Crippen LogP contribution is -2.26. The average molecular weight is 250 g/mol. The summed E-state index contributed by atoms with van der Waals surface area (Å²) in [7, 11) is 0. The highest BCUT2D eigenvalue weighted by molar-refractivity contribution is 5.53. The van der Waals surface area contributed by atoms with Crippen LogP contribution in [0.1, 0.15) is 77.6 Å². The van der Waals surface area contributed by atoms with E-state index < -0.39 is 0 Å². The van der Waals surface area contributed by atoms with Crippen molar-refractivity contribution in [1.82, 2.24) is 0 Å². The molecule has 0 aromatic rings. The predicted molar refractivity (Wildman–Crippen MR) is 76.5 cm³/mol. The van der Waals surface area contributed by atoms with E-state index in [-0.39, 0.29) is 0 Å². The standard InChI is InChI=1S/C17H30O/c1-2-3-4-14-5-9-16(10-6-14)17-11-7-15(13-18)8-12-17/h13-17H,2-12H2,1H3/t14-,15-,16-,17-. The molecule has 2 rings (SSSR count). The molecule has 18 heavy (non-hydrogen) atoms. The molecule has 0 spiro atoms. The molecule has 2 aliphatic carbocycles. The van der Waals surface area contributed by atoms with Gasteiger partial charge in [-0.1, -0.05) is 39.0 Å². The second-order valence-corrected chi connectivity index (χ2v) is 6.73. The molecule has 1 nitrogen and oxygen atoms in total. The van der Waals surface area contributed by atoms with Crippen LogP contribution in [-0.4, -0.2) is 6.29 Å². The van der Waals surface area contributed by atoms with E-state index in [1.807, 2.05) is 0 Å². The van der Waals surface area contributed by atoms with Gasteiger partial charge in [-0.2, -0.15) is 0 Å². The minimum Gasteiger partial charge on any atom is -0.303 e. The van der Waals surface area contributed by atoms with Gasteiger partial charge in [0.05, 0.1) is 0 Å². The summed E-state index contributed by atoms with van der Waals surface area (Å²) in [6.07, 6.45) is 16.4. The second-order valence-electron chi connectivity index (χ2n) is 6.73. The van der Waals surface area contributed by atoms with E-state index in [9.17, 15) is 4.79 Å². The van der Waals surface area contributed by atoms with Crippen molar-refractivity contribution in [2.45, 2.75) is 77.6 Å². The molecule has 0 N–H and O–H groups in total. The number of hydrogen-bond donors (Lipinski definition) is 0. The number of hydrogen-bond acceptors (Lipinski definition) is 1. The monoisotopic (exact) mass is 250 g/mol. The van der Waals surface area contributed by atoms with Gasteiger partial charge in [-0.3, -0.25) is 0 Å². The van der Waals surface area contributed by atoms with Crippen LogP contribution in [-0.2, 0) is 4.79 Å². The Morgan fingerprint density at radius 2 is 1.44 bits per heavy atom. The number of carbonyl (C=O) groups is 1. The van der Waals surface area contributed by atoms with Crippen molar-refractivity contribution >= 4 is 6.29 Å².